The van der Waals surface area contributed by atoms with Gasteiger partial charge in [-0.05, 0) is 30.5 Å². The summed E-state index contributed by atoms with van der Waals surface area (Å²) in [6.45, 7) is 0.234. The van der Waals surface area contributed by atoms with Gasteiger partial charge in [0.05, 0.1) is 7.11 Å². The quantitative estimate of drug-likeness (QED) is 0.864. The van der Waals surface area contributed by atoms with Crippen molar-refractivity contribution in [2.45, 2.75) is 44.2 Å². The Morgan fingerprint density at radius 1 is 1.24 bits per heavy atom. The van der Waals surface area contributed by atoms with Crippen molar-refractivity contribution < 1.29 is 19.0 Å². The predicted molar refractivity (Wildman–Crippen MR) is 77.3 cm³/mol. The number of hydrogen-bond acceptors (Lipinski definition) is 5. The normalized spacial score (nSPS) is 19.3. The average Bonchev–Trinajstić information content (AvgIpc) is 3.00. The van der Waals surface area contributed by atoms with E-state index in [1.807, 2.05) is 18.2 Å². The lowest BCUT2D eigenvalue weighted by atomic mass is 9.94. The van der Waals surface area contributed by atoms with Crippen LogP contribution < -0.4 is 14.8 Å². The van der Waals surface area contributed by atoms with Crippen LogP contribution in [0.1, 0.15) is 43.7 Å². The van der Waals surface area contributed by atoms with Crippen LogP contribution in [0.2, 0.25) is 0 Å². The number of ether oxygens (including phenoxy) is 3. The van der Waals surface area contributed by atoms with E-state index in [9.17, 15) is 4.79 Å². The van der Waals surface area contributed by atoms with Gasteiger partial charge in [0, 0.05) is 6.04 Å². The third-order valence-corrected chi connectivity index (χ3v) is 4.17. The third kappa shape index (κ3) is 3.13. The lowest BCUT2D eigenvalue weighted by Gasteiger charge is -2.27. The highest BCUT2D eigenvalue weighted by atomic mass is 16.7. The molecule has 0 aromatic heterocycles. The van der Waals surface area contributed by atoms with E-state index in [2.05, 4.69) is 5.32 Å². The number of nitrogens with one attached hydrogen (secondary N) is 1. The second kappa shape index (κ2) is 6.35. The molecule has 5 heteroatoms. The van der Waals surface area contributed by atoms with Crippen LogP contribution in [0.4, 0.5) is 0 Å². The van der Waals surface area contributed by atoms with Gasteiger partial charge >= 0.3 is 5.97 Å². The van der Waals surface area contributed by atoms with Gasteiger partial charge in [-0.1, -0.05) is 25.3 Å². The van der Waals surface area contributed by atoms with Crippen molar-refractivity contribution in [3.63, 3.8) is 0 Å². The first-order chi connectivity index (χ1) is 10.3. The van der Waals surface area contributed by atoms with Crippen molar-refractivity contribution in [2.75, 3.05) is 13.9 Å². The summed E-state index contributed by atoms with van der Waals surface area (Å²) in [5.74, 6) is 1.14. The standard InChI is InChI=1S/C16H21NO4/c1-19-16(18)15(17-12-5-3-2-4-6-12)11-7-8-13-14(9-11)21-10-20-13/h7-9,12,15,17H,2-6,10H2,1H3. The molecule has 21 heavy (non-hydrogen) atoms. The Morgan fingerprint density at radius 3 is 2.76 bits per heavy atom. The highest BCUT2D eigenvalue weighted by molar-refractivity contribution is 5.78. The van der Waals surface area contributed by atoms with E-state index in [0.717, 1.165) is 24.2 Å². The van der Waals surface area contributed by atoms with Crippen LogP contribution in [0.5, 0.6) is 11.5 Å². The molecule has 3 rings (SSSR count). The number of carbonyl (C=O) groups excluding carboxylic acids is 1. The average molecular weight is 291 g/mol. The molecule has 1 aliphatic heterocycles. The zero-order valence-electron chi connectivity index (χ0n) is 12.3. The monoisotopic (exact) mass is 291 g/mol. The molecule has 0 amide bonds. The molecule has 5 nitrogen and oxygen atoms in total. The van der Waals surface area contributed by atoms with Crippen LogP contribution in [-0.2, 0) is 9.53 Å². The molecule has 1 saturated carbocycles. The van der Waals surface area contributed by atoms with Crippen molar-refractivity contribution in [2.24, 2.45) is 0 Å². The number of methoxy groups -OCH3 is 1. The molecule has 0 saturated heterocycles. The number of fused-ring (bicyclic) bond motifs is 1. The van der Waals surface area contributed by atoms with Gasteiger partial charge in [-0.15, -0.1) is 0 Å². The molecule has 0 radical (unpaired) electrons. The van der Waals surface area contributed by atoms with Crippen molar-refractivity contribution in [1.82, 2.24) is 5.32 Å². The third-order valence-electron chi connectivity index (χ3n) is 4.17. The molecule has 1 N–H and O–H groups in total. The van der Waals surface area contributed by atoms with Crippen molar-refractivity contribution >= 4 is 5.97 Å². The number of rotatable bonds is 4. The van der Waals surface area contributed by atoms with Crippen LogP contribution >= 0.6 is 0 Å². The van der Waals surface area contributed by atoms with Gasteiger partial charge in [-0.2, -0.15) is 0 Å². The maximum absolute atomic E-state index is 12.1. The fourth-order valence-corrected chi connectivity index (χ4v) is 3.02. The summed E-state index contributed by atoms with van der Waals surface area (Å²) in [6, 6.07) is 5.52. The second-order valence-electron chi connectivity index (χ2n) is 5.57. The van der Waals surface area contributed by atoms with Crippen molar-refractivity contribution in [3.8, 4) is 11.5 Å². The minimum atomic E-state index is -0.451. The maximum Gasteiger partial charge on any atom is 0.327 e. The first kappa shape index (κ1) is 14.2. The summed E-state index contributed by atoms with van der Waals surface area (Å²) < 4.78 is 15.7. The molecule has 1 heterocycles. The van der Waals surface area contributed by atoms with Crippen molar-refractivity contribution in [3.05, 3.63) is 23.8 Å². The molecule has 0 spiro atoms. The molecule has 1 aromatic carbocycles. The summed E-state index contributed by atoms with van der Waals surface area (Å²) in [6.07, 6.45) is 5.93. The maximum atomic E-state index is 12.1. The largest absolute Gasteiger partial charge is 0.468 e. The SMILES string of the molecule is COC(=O)C(NC1CCCCC1)c1ccc2c(c1)OCO2. The van der Waals surface area contributed by atoms with E-state index in [1.54, 1.807) is 0 Å². The second-order valence-corrected chi connectivity index (χ2v) is 5.57. The lowest BCUT2D eigenvalue weighted by molar-refractivity contribution is -0.143. The number of esters is 1. The van der Waals surface area contributed by atoms with Crippen LogP contribution in [0.15, 0.2) is 18.2 Å². The van der Waals surface area contributed by atoms with E-state index in [-0.39, 0.29) is 12.8 Å². The molecular weight excluding hydrogens is 270 g/mol. The van der Waals surface area contributed by atoms with E-state index < -0.39 is 6.04 Å². The Balaban J connectivity index is 1.79. The van der Waals surface area contributed by atoms with Crippen LogP contribution in [0, 0.1) is 0 Å². The first-order valence-electron chi connectivity index (χ1n) is 7.51. The van der Waals surface area contributed by atoms with Crippen molar-refractivity contribution in [1.29, 1.82) is 0 Å². The minimum absolute atomic E-state index is 0.234. The Bertz CT molecular complexity index is 511. The number of benzene rings is 1. The molecule has 0 bridgehead atoms. The van der Waals surface area contributed by atoms with E-state index in [4.69, 9.17) is 14.2 Å². The summed E-state index contributed by atoms with van der Waals surface area (Å²) in [5.41, 5.74) is 0.858. The molecule has 1 unspecified atom stereocenters. The molecule has 1 aliphatic carbocycles. The molecule has 2 aliphatic rings. The minimum Gasteiger partial charge on any atom is -0.468 e. The fraction of sp³-hybridized carbons (Fsp3) is 0.562. The van der Waals surface area contributed by atoms with Gasteiger partial charge in [-0.25, -0.2) is 4.79 Å². The first-order valence-corrected chi connectivity index (χ1v) is 7.51. The smallest absolute Gasteiger partial charge is 0.327 e. The topological polar surface area (TPSA) is 56.8 Å². The Hall–Kier alpha value is -1.75. The molecule has 1 atom stereocenters. The van der Waals surface area contributed by atoms with Gasteiger partial charge in [0.2, 0.25) is 6.79 Å². The van der Waals surface area contributed by atoms with Gasteiger partial charge in [0.1, 0.15) is 6.04 Å². The highest BCUT2D eigenvalue weighted by Gasteiger charge is 2.27. The van der Waals surface area contributed by atoms with E-state index in [0.29, 0.717) is 11.8 Å². The zero-order chi connectivity index (χ0) is 14.7. The van der Waals surface area contributed by atoms with E-state index in [1.165, 1.54) is 26.4 Å². The van der Waals surface area contributed by atoms with Gasteiger partial charge in [0.25, 0.3) is 0 Å². The lowest BCUT2D eigenvalue weighted by Crippen LogP contribution is -2.38. The van der Waals surface area contributed by atoms with E-state index >= 15 is 0 Å². The molecule has 1 fully saturated rings. The Kier molecular flexibility index (Phi) is 4.29. The summed E-state index contributed by atoms with van der Waals surface area (Å²) in [5, 5.41) is 3.44. The van der Waals surface area contributed by atoms with Crippen LogP contribution in [-0.4, -0.2) is 25.9 Å². The van der Waals surface area contributed by atoms with Crippen LogP contribution in [0.3, 0.4) is 0 Å². The van der Waals surface area contributed by atoms with Gasteiger partial charge in [0.15, 0.2) is 11.5 Å². The fourth-order valence-electron chi connectivity index (χ4n) is 3.02. The highest BCUT2D eigenvalue weighted by Crippen LogP contribution is 2.35. The predicted octanol–water partition coefficient (Wildman–Crippen LogP) is 2.55. The molecule has 1 aromatic rings. The molecular formula is C16H21NO4. The van der Waals surface area contributed by atoms with Gasteiger partial charge < -0.3 is 14.2 Å². The Labute approximate surface area is 124 Å². The Morgan fingerprint density at radius 2 is 2.00 bits per heavy atom. The summed E-state index contributed by atoms with van der Waals surface area (Å²) >= 11 is 0. The summed E-state index contributed by atoms with van der Waals surface area (Å²) in [7, 11) is 1.42. The zero-order valence-corrected chi connectivity index (χ0v) is 12.3. The summed E-state index contributed by atoms with van der Waals surface area (Å²) in [4.78, 5) is 12.1. The number of hydrogen-bond donors (Lipinski definition) is 1. The van der Waals surface area contributed by atoms with Crippen LogP contribution in [0.25, 0.3) is 0 Å². The van der Waals surface area contributed by atoms with Gasteiger partial charge in [-0.3, -0.25) is 5.32 Å². The molecule has 114 valence electrons. The number of carbonyl (C=O) groups is 1.